The van der Waals surface area contributed by atoms with Gasteiger partial charge in [-0.2, -0.15) is 0 Å². The molecule has 0 spiro atoms. The number of benzene rings is 1. The summed E-state index contributed by atoms with van der Waals surface area (Å²) in [6.07, 6.45) is 0.306. The van der Waals surface area contributed by atoms with Crippen LogP contribution < -0.4 is 4.90 Å². The normalized spacial score (nSPS) is 12.4. The lowest BCUT2D eigenvalue weighted by Gasteiger charge is -2.23. The Morgan fingerprint density at radius 2 is 2.00 bits per heavy atom. The Kier molecular flexibility index (Phi) is 4.86. The van der Waals surface area contributed by atoms with Gasteiger partial charge in [0.2, 0.25) is 0 Å². The predicted octanol–water partition coefficient (Wildman–Crippen LogP) is 4.48. The fourth-order valence-electron chi connectivity index (χ4n) is 2.09. The molecule has 0 amide bonds. The van der Waals surface area contributed by atoms with E-state index in [9.17, 15) is 5.11 Å². The fraction of sp³-hybridized carbons (Fsp3) is 0.333. The third-order valence-corrected chi connectivity index (χ3v) is 4.33. The molecule has 0 saturated heterocycles. The van der Waals surface area contributed by atoms with E-state index >= 15 is 0 Å². The molecular formula is C15H18ClNOS. The quantitative estimate of drug-likeness (QED) is 0.879. The Hall–Kier alpha value is -1.03. The van der Waals surface area contributed by atoms with Gasteiger partial charge in [0.15, 0.2) is 0 Å². The molecule has 0 aliphatic rings. The molecule has 1 atom stereocenters. The molecule has 1 unspecified atom stereocenters. The number of thiophene rings is 1. The maximum Gasteiger partial charge on any atom is 0.0931 e. The van der Waals surface area contributed by atoms with Gasteiger partial charge in [0.05, 0.1) is 17.0 Å². The molecule has 1 N–H and O–H groups in total. The molecule has 1 aromatic heterocycles. The van der Waals surface area contributed by atoms with Gasteiger partial charge in [-0.25, -0.2) is 0 Å². The molecule has 0 fully saturated rings. The van der Waals surface area contributed by atoms with Gasteiger partial charge >= 0.3 is 0 Å². The topological polar surface area (TPSA) is 23.5 Å². The largest absolute Gasteiger partial charge is 0.388 e. The van der Waals surface area contributed by atoms with E-state index in [1.165, 1.54) is 4.88 Å². The molecule has 2 nitrogen and oxygen atoms in total. The molecule has 0 aliphatic heterocycles. The Labute approximate surface area is 123 Å². The minimum Gasteiger partial charge on any atom is -0.388 e. The molecule has 0 radical (unpaired) electrons. The monoisotopic (exact) mass is 295 g/mol. The van der Waals surface area contributed by atoms with E-state index < -0.39 is 6.10 Å². The van der Waals surface area contributed by atoms with Gasteiger partial charge in [-0.05, 0) is 24.6 Å². The Morgan fingerprint density at radius 1 is 1.26 bits per heavy atom. The second-order valence-corrected chi connectivity index (χ2v) is 6.34. The third-order valence-electron chi connectivity index (χ3n) is 3.12. The van der Waals surface area contributed by atoms with E-state index in [4.69, 9.17) is 11.6 Å². The number of hydrogen-bond donors (Lipinski definition) is 1. The van der Waals surface area contributed by atoms with Crippen molar-refractivity contribution in [3.8, 4) is 0 Å². The number of rotatable bonds is 5. The lowest BCUT2D eigenvalue weighted by molar-refractivity contribution is 0.174. The maximum atomic E-state index is 10.1. The highest BCUT2D eigenvalue weighted by atomic mass is 35.5. The molecular weight excluding hydrogens is 278 g/mol. The van der Waals surface area contributed by atoms with Crippen LogP contribution in [-0.4, -0.2) is 12.2 Å². The SMILES string of the molecule is CCC(O)c1ccccc1N(C)Cc1ccc(Cl)s1. The number of halogens is 1. The lowest BCUT2D eigenvalue weighted by atomic mass is 10.0. The van der Waals surface area contributed by atoms with Crippen LogP contribution in [0.2, 0.25) is 4.34 Å². The highest BCUT2D eigenvalue weighted by molar-refractivity contribution is 7.16. The summed E-state index contributed by atoms with van der Waals surface area (Å²) < 4.78 is 0.810. The molecule has 1 heterocycles. The van der Waals surface area contributed by atoms with Gasteiger partial charge in [-0.1, -0.05) is 36.7 Å². The number of aliphatic hydroxyl groups excluding tert-OH is 1. The van der Waals surface area contributed by atoms with E-state index in [0.29, 0.717) is 0 Å². The maximum absolute atomic E-state index is 10.1. The molecule has 1 aromatic carbocycles. The van der Waals surface area contributed by atoms with Crippen LogP contribution in [0.4, 0.5) is 5.69 Å². The molecule has 0 aliphatic carbocycles. The highest BCUT2D eigenvalue weighted by Gasteiger charge is 2.13. The summed E-state index contributed by atoms with van der Waals surface area (Å²) in [5.74, 6) is 0. The van der Waals surface area contributed by atoms with Crippen molar-refractivity contribution in [1.82, 2.24) is 0 Å². The summed E-state index contributed by atoms with van der Waals surface area (Å²) in [6.45, 7) is 2.78. The fourth-order valence-corrected chi connectivity index (χ4v) is 3.23. The predicted molar refractivity (Wildman–Crippen MR) is 83.1 cm³/mol. The van der Waals surface area contributed by atoms with Gasteiger partial charge in [0.1, 0.15) is 0 Å². The molecule has 4 heteroatoms. The van der Waals surface area contributed by atoms with E-state index in [2.05, 4.69) is 4.90 Å². The summed E-state index contributed by atoms with van der Waals surface area (Å²) in [5, 5.41) is 10.1. The van der Waals surface area contributed by atoms with Crippen molar-refractivity contribution in [1.29, 1.82) is 0 Å². The Morgan fingerprint density at radius 3 is 2.63 bits per heavy atom. The minimum absolute atomic E-state index is 0.412. The minimum atomic E-state index is -0.412. The molecule has 19 heavy (non-hydrogen) atoms. The first kappa shape index (κ1) is 14.4. The van der Waals surface area contributed by atoms with E-state index in [1.807, 2.05) is 50.4 Å². The number of nitrogens with zero attached hydrogens (tertiary/aromatic N) is 1. The van der Waals surface area contributed by atoms with Crippen LogP contribution in [0, 0.1) is 0 Å². The smallest absolute Gasteiger partial charge is 0.0931 e. The average Bonchev–Trinajstić information content (AvgIpc) is 2.83. The molecule has 0 saturated carbocycles. The second-order valence-electron chi connectivity index (χ2n) is 4.54. The first-order valence-electron chi connectivity index (χ1n) is 6.34. The summed E-state index contributed by atoms with van der Waals surface area (Å²) in [6, 6.07) is 12.0. The van der Waals surface area contributed by atoms with Crippen LogP contribution in [0.1, 0.15) is 29.9 Å². The molecule has 0 bridgehead atoms. The van der Waals surface area contributed by atoms with Crippen molar-refractivity contribution in [2.75, 3.05) is 11.9 Å². The first-order valence-corrected chi connectivity index (χ1v) is 7.53. The van der Waals surface area contributed by atoms with Crippen molar-refractivity contribution in [3.63, 3.8) is 0 Å². The van der Waals surface area contributed by atoms with Gasteiger partial charge < -0.3 is 10.0 Å². The van der Waals surface area contributed by atoms with Crippen LogP contribution in [0.15, 0.2) is 36.4 Å². The first-order chi connectivity index (χ1) is 9.11. The van der Waals surface area contributed by atoms with Gasteiger partial charge in [0.25, 0.3) is 0 Å². The van der Waals surface area contributed by atoms with Gasteiger partial charge in [-0.3, -0.25) is 0 Å². The van der Waals surface area contributed by atoms with Crippen molar-refractivity contribution in [2.24, 2.45) is 0 Å². The van der Waals surface area contributed by atoms with Crippen LogP contribution in [0.5, 0.6) is 0 Å². The Balaban J connectivity index is 2.21. The second kappa shape index (κ2) is 6.42. The zero-order valence-electron chi connectivity index (χ0n) is 11.1. The zero-order chi connectivity index (χ0) is 13.8. The molecule has 2 aromatic rings. The number of para-hydroxylation sites is 1. The van der Waals surface area contributed by atoms with Gasteiger partial charge in [-0.15, -0.1) is 11.3 Å². The molecule has 102 valence electrons. The average molecular weight is 296 g/mol. The number of hydrogen-bond acceptors (Lipinski definition) is 3. The van der Waals surface area contributed by atoms with Crippen LogP contribution in [0.25, 0.3) is 0 Å². The number of anilines is 1. The van der Waals surface area contributed by atoms with Crippen LogP contribution >= 0.6 is 22.9 Å². The lowest BCUT2D eigenvalue weighted by Crippen LogP contribution is -2.18. The number of aliphatic hydroxyl groups is 1. The summed E-state index contributed by atoms with van der Waals surface area (Å²) >= 11 is 7.55. The zero-order valence-corrected chi connectivity index (χ0v) is 12.7. The van der Waals surface area contributed by atoms with Gasteiger partial charge in [0, 0.05) is 23.2 Å². The van der Waals surface area contributed by atoms with Crippen LogP contribution in [0.3, 0.4) is 0 Å². The molecule has 2 rings (SSSR count). The summed E-state index contributed by atoms with van der Waals surface area (Å²) in [5.41, 5.74) is 2.05. The van der Waals surface area contributed by atoms with Crippen molar-refractivity contribution >= 4 is 28.6 Å². The summed E-state index contributed by atoms with van der Waals surface area (Å²) in [7, 11) is 2.04. The summed E-state index contributed by atoms with van der Waals surface area (Å²) in [4.78, 5) is 3.37. The van der Waals surface area contributed by atoms with E-state index in [1.54, 1.807) is 11.3 Å². The third kappa shape index (κ3) is 3.50. The van der Waals surface area contributed by atoms with E-state index in [-0.39, 0.29) is 0 Å². The van der Waals surface area contributed by atoms with Crippen molar-refractivity contribution < 1.29 is 5.11 Å². The highest BCUT2D eigenvalue weighted by Crippen LogP contribution is 2.30. The standard InChI is InChI=1S/C15H18ClNOS/c1-3-14(18)12-6-4-5-7-13(12)17(2)10-11-8-9-15(16)19-11/h4-9,14,18H,3,10H2,1-2H3. The van der Waals surface area contributed by atoms with E-state index in [0.717, 1.165) is 28.6 Å². The van der Waals surface area contributed by atoms with Crippen molar-refractivity contribution in [3.05, 3.63) is 51.2 Å². The Bertz CT molecular complexity index is 540. The van der Waals surface area contributed by atoms with Crippen molar-refractivity contribution in [2.45, 2.75) is 26.0 Å². The van der Waals surface area contributed by atoms with Crippen LogP contribution in [-0.2, 0) is 6.54 Å².